The van der Waals surface area contributed by atoms with Gasteiger partial charge >= 0.3 is 5.91 Å². The Hall–Kier alpha value is -0.950. The van der Waals surface area contributed by atoms with Gasteiger partial charge in [0.05, 0.1) is 12.6 Å². The minimum Gasteiger partial charge on any atom is -1.00 e. The topological polar surface area (TPSA) is 33.0 Å². The van der Waals surface area contributed by atoms with Crippen molar-refractivity contribution in [3.63, 3.8) is 0 Å². The Bertz CT molecular complexity index is 644. The SMILES string of the molecule is Cc1cc(C)[n+](C)c(NC(=O)c2cccc(Br)c2)c1.[I-]. The Kier molecular flexibility index (Phi) is 6.13. The molecule has 5 heteroatoms. The maximum atomic E-state index is 12.2. The molecule has 0 bridgehead atoms. The monoisotopic (exact) mass is 446 g/mol. The van der Waals surface area contributed by atoms with Crippen molar-refractivity contribution in [2.75, 3.05) is 5.32 Å². The Balaban J connectivity index is 0.00000200. The van der Waals surface area contributed by atoms with Gasteiger partial charge in [-0.2, -0.15) is 0 Å². The van der Waals surface area contributed by atoms with Gasteiger partial charge in [-0.15, -0.1) is 0 Å². The fourth-order valence-electron chi connectivity index (χ4n) is 1.91. The van der Waals surface area contributed by atoms with E-state index in [1.807, 2.05) is 43.7 Å². The number of anilines is 1. The zero-order valence-electron chi connectivity index (χ0n) is 11.6. The molecule has 0 fully saturated rings. The van der Waals surface area contributed by atoms with E-state index in [0.29, 0.717) is 5.56 Å². The Morgan fingerprint density at radius 2 is 1.90 bits per heavy atom. The largest absolute Gasteiger partial charge is 1.00 e. The molecule has 0 unspecified atom stereocenters. The summed E-state index contributed by atoms with van der Waals surface area (Å²) in [4.78, 5) is 12.2. The van der Waals surface area contributed by atoms with E-state index in [-0.39, 0.29) is 29.9 Å². The Labute approximate surface area is 144 Å². The highest BCUT2D eigenvalue weighted by molar-refractivity contribution is 9.10. The molecule has 0 atom stereocenters. The fourth-order valence-corrected chi connectivity index (χ4v) is 2.31. The maximum Gasteiger partial charge on any atom is 0.339 e. The van der Waals surface area contributed by atoms with Crippen LogP contribution in [0.25, 0.3) is 0 Å². The number of aromatic nitrogens is 1. The molecular formula is C15H16BrIN2O. The Morgan fingerprint density at radius 1 is 1.20 bits per heavy atom. The van der Waals surface area contributed by atoms with E-state index in [1.165, 1.54) is 0 Å². The summed E-state index contributed by atoms with van der Waals surface area (Å²) in [5, 5.41) is 2.94. The third-order valence-electron chi connectivity index (χ3n) is 3.02. The number of nitrogens with one attached hydrogen (secondary N) is 1. The van der Waals surface area contributed by atoms with Gasteiger partial charge in [-0.05, 0) is 43.7 Å². The van der Waals surface area contributed by atoms with E-state index >= 15 is 0 Å². The quantitative estimate of drug-likeness (QED) is 0.517. The lowest BCUT2D eigenvalue weighted by Crippen LogP contribution is -3.00. The average Bonchev–Trinajstić information content (AvgIpc) is 2.35. The van der Waals surface area contributed by atoms with E-state index in [0.717, 1.165) is 21.5 Å². The number of hydrogen-bond acceptors (Lipinski definition) is 1. The molecule has 2 rings (SSSR count). The van der Waals surface area contributed by atoms with E-state index in [9.17, 15) is 4.79 Å². The summed E-state index contributed by atoms with van der Waals surface area (Å²) in [5.74, 6) is 0.685. The predicted octanol–water partition coefficient (Wildman–Crippen LogP) is 0.147. The highest BCUT2D eigenvalue weighted by atomic mass is 127. The van der Waals surface area contributed by atoms with Gasteiger partial charge in [0.2, 0.25) is 0 Å². The summed E-state index contributed by atoms with van der Waals surface area (Å²) in [6.07, 6.45) is 0. The first-order valence-electron chi connectivity index (χ1n) is 6.01. The van der Waals surface area contributed by atoms with Gasteiger partial charge in [-0.3, -0.25) is 0 Å². The van der Waals surface area contributed by atoms with Crippen molar-refractivity contribution in [2.24, 2.45) is 7.05 Å². The minimum atomic E-state index is -0.109. The van der Waals surface area contributed by atoms with E-state index in [1.54, 1.807) is 12.1 Å². The van der Waals surface area contributed by atoms with E-state index < -0.39 is 0 Å². The molecule has 0 saturated carbocycles. The van der Waals surface area contributed by atoms with Crippen LogP contribution in [0.4, 0.5) is 5.82 Å². The van der Waals surface area contributed by atoms with Crippen molar-refractivity contribution >= 4 is 27.7 Å². The molecule has 0 saturated heterocycles. The number of carbonyl (C=O) groups excluding carboxylic acids is 1. The number of rotatable bonds is 2. The highest BCUT2D eigenvalue weighted by Crippen LogP contribution is 2.13. The first kappa shape index (κ1) is 17.1. The van der Waals surface area contributed by atoms with Crippen molar-refractivity contribution in [1.29, 1.82) is 0 Å². The molecular weight excluding hydrogens is 431 g/mol. The highest BCUT2D eigenvalue weighted by Gasteiger charge is 2.16. The van der Waals surface area contributed by atoms with Crippen LogP contribution < -0.4 is 33.9 Å². The number of benzene rings is 1. The summed E-state index contributed by atoms with van der Waals surface area (Å²) in [6.45, 7) is 4.03. The third kappa shape index (κ3) is 4.02. The molecule has 1 N–H and O–H groups in total. The standard InChI is InChI=1S/C15H15BrN2O.HI/c1-10-7-11(2)18(3)14(8-10)17-15(19)12-5-4-6-13(16)9-12;/h4-9H,1-3H3;1H. The summed E-state index contributed by atoms with van der Waals surface area (Å²) in [5.41, 5.74) is 2.86. The van der Waals surface area contributed by atoms with Crippen LogP contribution in [-0.4, -0.2) is 5.91 Å². The normalized spacial score (nSPS) is 9.80. The third-order valence-corrected chi connectivity index (χ3v) is 3.51. The molecule has 0 spiro atoms. The maximum absolute atomic E-state index is 12.2. The second-order valence-electron chi connectivity index (χ2n) is 4.58. The first-order valence-corrected chi connectivity index (χ1v) is 6.81. The molecule has 1 aromatic carbocycles. The van der Waals surface area contributed by atoms with Gasteiger partial charge in [-0.1, -0.05) is 22.0 Å². The van der Waals surface area contributed by atoms with Crippen molar-refractivity contribution in [1.82, 2.24) is 0 Å². The van der Waals surface area contributed by atoms with Crippen molar-refractivity contribution in [3.8, 4) is 0 Å². The summed E-state index contributed by atoms with van der Waals surface area (Å²) < 4.78 is 2.85. The van der Waals surface area contributed by atoms with Crippen LogP contribution in [-0.2, 0) is 7.05 Å². The van der Waals surface area contributed by atoms with Crippen molar-refractivity contribution in [3.05, 3.63) is 57.7 Å². The van der Waals surface area contributed by atoms with Crippen LogP contribution in [0.5, 0.6) is 0 Å². The van der Waals surface area contributed by atoms with Crippen LogP contribution >= 0.6 is 15.9 Å². The molecule has 1 heterocycles. The fraction of sp³-hybridized carbons (Fsp3) is 0.200. The molecule has 20 heavy (non-hydrogen) atoms. The number of hydrogen-bond donors (Lipinski definition) is 1. The predicted molar refractivity (Wildman–Crippen MR) is 79.2 cm³/mol. The molecule has 1 amide bonds. The zero-order chi connectivity index (χ0) is 14.0. The number of pyridine rings is 1. The molecule has 2 aromatic rings. The minimum absolute atomic E-state index is 0. The smallest absolute Gasteiger partial charge is 0.339 e. The molecule has 3 nitrogen and oxygen atoms in total. The summed E-state index contributed by atoms with van der Waals surface area (Å²) in [6, 6.07) is 11.4. The van der Waals surface area contributed by atoms with Gasteiger partial charge in [0.1, 0.15) is 5.69 Å². The first-order chi connectivity index (χ1) is 8.97. The van der Waals surface area contributed by atoms with Crippen molar-refractivity contribution < 1.29 is 33.3 Å². The van der Waals surface area contributed by atoms with Crippen molar-refractivity contribution in [2.45, 2.75) is 13.8 Å². The second kappa shape index (κ2) is 7.17. The van der Waals surface area contributed by atoms with Crippen LogP contribution in [0.1, 0.15) is 21.6 Å². The number of aryl methyl sites for hydroxylation is 2. The van der Waals surface area contributed by atoms with Gasteiger partial charge in [0.25, 0.3) is 5.82 Å². The van der Waals surface area contributed by atoms with Gasteiger partial charge in [0, 0.05) is 10.5 Å². The van der Waals surface area contributed by atoms with Crippen LogP contribution in [0.2, 0.25) is 0 Å². The zero-order valence-corrected chi connectivity index (χ0v) is 15.3. The molecule has 0 aliphatic rings. The lowest BCUT2D eigenvalue weighted by atomic mass is 10.2. The lowest BCUT2D eigenvalue weighted by Gasteiger charge is -2.06. The van der Waals surface area contributed by atoms with E-state index in [4.69, 9.17) is 0 Å². The summed E-state index contributed by atoms with van der Waals surface area (Å²) in [7, 11) is 1.94. The van der Waals surface area contributed by atoms with Crippen LogP contribution in [0.15, 0.2) is 40.9 Å². The molecule has 0 aliphatic carbocycles. The van der Waals surface area contributed by atoms with Gasteiger partial charge < -0.3 is 24.0 Å². The van der Waals surface area contributed by atoms with Crippen LogP contribution in [0, 0.1) is 13.8 Å². The number of halogens is 2. The van der Waals surface area contributed by atoms with Crippen LogP contribution in [0.3, 0.4) is 0 Å². The average molecular weight is 447 g/mol. The Morgan fingerprint density at radius 3 is 2.55 bits per heavy atom. The lowest BCUT2D eigenvalue weighted by molar-refractivity contribution is -0.663. The second-order valence-corrected chi connectivity index (χ2v) is 5.50. The molecule has 0 radical (unpaired) electrons. The molecule has 0 aliphatic heterocycles. The number of amides is 1. The van der Waals surface area contributed by atoms with Gasteiger partial charge in [0.15, 0.2) is 0 Å². The number of carbonyl (C=O) groups is 1. The summed E-state index contributed by atoms with van der Waals surface area (Å²) >= 11 is 3.37. The molecule has 106 valence electrons. The van der Waals surface area contributed by atoms with E-state index in [2.05, 4.69) is 27.3 Å². The molecule has 1 aromatic heterocycles. The van der Waals surface area contributed by atoms with Gasteiger partial charge in [-0.25, -0.2) is 14.7 Å². The number of nitrogens with zero attached hydrogens (tertiary/aromatic N) is 1.